The molecule has 0 aliphatic heterocycles. The molecule has 0 fully saturated rings. The van der Waals surface area contributed by atoms with Gasteiger partial charge in [-0.15, -0.1) is 0 Å². The van der Waals surface area contributed by atoms with Crippen molar-refractivity contribution in [1.82, 2.24) is 14.9 Å². The second-order valence-corrected chi connectivity index (χ2v) is 4.32. The average Bonchev–Trinajstić information content (AvgIpc) is 2.44. The van der Waals surface area contributed by atoms with Crippen molar-refractivity contribution in [2.75, 3.05) is 24.3 Å². The SMILES string of the molecule is CCN(C)C(=O)C(C)Nc1cc(C(F)(F)F)nc(NN)n1. The zero-order chi connectivity index (χ0) is 16.2. The number of anilines is 2. The molecule has 1 amide bonds. The Morgan fingerprint density at radius 1 is 1.48 bits per heavy atom. The highest BCUT2D eigenvalue weighted by Gasteiger charge is 2.34. The van der Waals surface area contributed by atoms with E-state index in [9.17, 15) is 18.0 Å². The van der Waals surface area contributed by atoms with Crippen molar-refractivity contribution in [1.29, 1.82) is 0 Å². The molecular formula is C11H17F3N6O. The van der Waals surface area contributed by atoms with E-state index in [1.54, 1.807) is 14.0 Å². The Morgan fingerprint density at radius 3 is 2.57 bits per heavy atom. The molecule has 1 heterocycles. The van der Waals surface area contributed by atoms with E-state index in [0.29, 0.717) is 6.54 Å². The lowest BCUT2D eigenvalue weighted by Crippen LogP contribution is -2.39. The van der Waals surface area contributed by atoms with Gasteiger partial charge in [-0.1, -0.05) is 0 Å². The van der Waals surface area contributed by atoms with E-state index in [4.69, 9.17) is 5.84 Å². The molecule has 4 N–H and O–H groups in total. The Labute approximate surface area is 119 Å². The summed E-state index contributed by atoms with van der Waals surface area (Å²) in [6.07, 6.45) is -4.64. The van der Waals surface area contributed by atoms with Gasteiger partial charge in [0, 0.05) is 19.7 Å². The number of nitrogens with two attached hydrogens (primary N) is 1. The minimum absolute atomic E-state index is 0.143. The third-order valence-corrected chi connectivity index (χ3v) is 2.73. The molecule has 21 heavy (non-hydrogen) atoms. The molecule has 0 aromatic carbocycles. The summed E-state index contributed by atoms with van der Waals surface area (Å²) in [4.78, 5) is 20.3. The minimum atomic E-state index is -4.64. The molecule has 0 bridgehead atoms. The van der Waals surface area contributed by atoms with Gasteiger partial charge in [-0.05, 0) is 13.8 Å². The van der Waals surface area contributed by atoms with E-state index < -0.39 is 23.9 Å². The Hall–Kier alpha value is -2.10. The molecule has 1 aromatic rings. The van der Waals surface area contributed by atoms with Gasteiger partial charge in [-0.25, -0.2) is 10.8 Å². The Balaban J connectivity index is 3.00. The highest BCUT2D eigenvalue weighted by atomic mass is 19.4. The lowest BCUT2D eigenvalue weighted by Gasteiger charge is -2.21. The van der Waals surface area contributed by atoms with E-state index in [1.165, 1.54) is 11.8 Å². The molecule has 0 aliphatic rings. The third-order valence-electron chi connectivity index (χ3n) is 2.73. The number of hydrazine groups is 1. The number of halogens is 3. The number of alkyl halides is 3. The van der Waals surface area contributed by atoms with Crippen LogP contribution in [0.4, 0.5) is 24.9 Å². The van der Waals surface area contributed by atoms with Gasteiger partial charge in [0.25, 0.3) is 0 Å². The Bertz CT molecular complexity index is 507. The zero-order valence-electron chi connectivity index (χ0n) is 11.8. The molecule has 10 heteroatoms. The Kier molecular flexibility index (Phi) is 5.30. The van der Waals surface area contributed by atoms with Gasteiger partial charge < -0.3 is 10.2 Å². The number of nitrogens with zero attached hydrogens (tertiary/aromatic N) is 3. The van der Waals surface area contributed by atoms with Crippen LogP contribution in [0.25, 0.3) is 0 Å². The number of nitrogen functional groups attached to an aromatic ring is 1. The number of carbonyl (C=O) groups excluding carboxylic acids is 1. The molecule has 1 rings (SSSR count). The number of aromatic nitrogens is 2. The first-order valence-corrected chi connectivity index (χ1v) is 6.13. The van der Waals surface area contributed by atoms with E-state index >= 15 is 0 Å². The van der Waals surface area contributed by atoms with Crippen LogP contribution >= 0.6 is 0 Å². The number of likely N-dealkylation sites (N-methyl/N-ethyl adjacent to an activating group) is 1. The number of rotatable bonds is 5. The van der Waals surface area contributed by atoms with Crippen LogP contribution in [0.3, 0.4) is 0 Å². The number of nitrogens with one attached hydrogen (secondary N) is 2. The molecule has 1 unspecified atom stereocenters. The number of amides is 1. The van der Waals surface area contributed by atoms with Gasteiger partial charge in [0.1, 0.15) is 11.9 Å². The smallest absolute Gasteiger partial charge is 0.358 e. The maximum absolute atomic E-state index is 12.7. The minimum Gasteiger partial charge on any atom is -0.358 e. The van der Waals surface area contributed by atoms with Crippen molar-refractivity contribution < 1.29 is 18.0 Å². The summed E-state index contributed by atoms with van der Waals surface area (Å²) in [5.74, 6) is 4.24. The first-order chi connectivity index (χ1) is 9.68. The van der Waals surface area contributed by atoms with E-state index in [-0.39, 0.29) is 11.7 Å². The third kappa shape index (κ3) is 4.45. The van der Waals surface area contributed by atoms with Crippen LogP contribution in [0.2, 0.25) is 0 Å². The van der Waals surface area contributed by atoms with Crippen LogP contribution < -0.4 is 16.6 Å². The first-order valence-electron chi connectivity index (χ1n) is 6.13. The van der Waals surface area contributed by atoms with E-state index in [0.717, 1.165) is 6.07 Å². The highest BCUT2D eigenvalue weighted by molar-refractivity contribution is 5.83. The second-order valence-electron chi connectivity index (χ2n) is 4.32. The molecule has 1 atom stereocenters. The zero-order valence-corrected chi connectivity index (χ0v) is 11.8. The normalized spacial score (nSPS) is 12.7. The number of hydrogen-bond donors (Lipinski definition) is 3. The summed E-state index contributed by atoms with van der Waals surface area (Å²) in [5, 5.41) is 2.61. The quantitative estimate of drug-likeness (QED) is 0.556. The van der Waals surface area contributed by atoms with E-state index in [1.807, 2.05) is 5.43 Å². The van der Waals surface area contributed by atoms with Crippen molar-refractivity contribution in [2.24, 2.45) is 5.84 Å². The van der Waals surface area contributed by atoms with Crippen LogP contribution in [-0.2, 0) is 11.0 Å². The van der Waals surface area contributed by atoms with Crippen LogP contribution in [0.1, 0.15) is 19.5 Å². The fourth-order valence-corrected chi connectivity index (χ4v) is 1.50. The maximum Gasteiger partial charge on any atom is 0.433 e. The average molecular weight is 306 g/mol. The largest absolute Gasteiger partial charge is 0.433 e. The molecule has 0 spiro atoms. The van der Waals surface area contributed by atoms with Crippen LogP contribution in [0.15, 0.2) is 6.07 Å². The van der Waals surface area contributed by atoms with Crippen molar-refractivity contribution in [2.45, 2.75) is 26.1 Å². The van der Waals surface area contributed by atoms with Crippen molar-refractivity contribution in [3.63, 3.8) is 0 Å². The fraction of sp³-hybridized carbons (Fsp3) is 0.545. The Morgan fingerprint density at radius 2 is 2.10 bits per heavy atom. The molecule has 118 valence electrons. The standard InChI is InChI=1S/C11H17F3N6O/c1-4-20(3)9(21)6(2)16-8-5-7(11(12,13)14)17-10(18-8)19-15/h5-6H,4,15H2,1-3H3,(H2,16,17,18,19). The fourth-order valence-electron chi connectivity index (χ4n) is 1.50. The van der Waals surface area contributed by atoms with Gasteiger partial charge >= 0.3 is 6.18 Å². The predicted molar refractivity (Wildman–Crippen MR) is 71.2 cm³/mol. The van der Waals surface area contributed by atoms with Crippen molar-refractivity contribution >= 4 is 17.7 Å². The molecule has 0 radical (unpaired) electrons. The maximum atomic E-state index is 12.7. The van der Waals surface area contributed by atoms with Crippen molar-refractivity contribution in [3.05, 3.63) is 11.8 Å². The van der Waals surface area contributed by atoms with Crippen LogP contribution in [0.5, 0.6) is 0 Å². The number of hydrogen-bond acceptors (Lipinski definition) is 6. The summed E-state index contributed by atoms with van der Waals surface area (Å²) >= 11 is 0. The summed E-state index contributed by atoms with van der Waals surface area (Å²) in [7, 11) is 1.59. The monoisotopic (exact) mass is 306 g/mol. The highest BCUT2D eigenvalue weighted by Crippen LogP contribution is 2.29. The van der Waals surface area contributed by atoms with Crippen LogP contribution in [0, 0.1) is 0 Å². The summed E-state index contributed by atoms with van der Waals surface area (Å²) in [5.41, 5.74) is 0.803. The molecule has 0 saturated heterocycles. The van der Waals surface area contributed by atoms with Gasteiger partial charge in [0.05, 0.1) is 0 Å². The van der Waals surface area contributed by atoms with Crippen molar-refractivity contribution in [3.8, 4) is 0 Å². The van der Waals surface area contributed by atoms with Crippen LogP contribution in [-0.4, -0.2) is 40.4 Å². The second kappa shape index (κ2) is 6.57. The molecule has 0 aliphatic carbocycles. The molecule has 7 nitrogen and oxygen atoms in total. The van der Waals surface area contributed by atoms with E-state index in [2.05, 4.69) is 15.3 Å². The summed E-state index contributed by atoms with van der Waals surface area (Å²) in [6.45, 7) is 3.80. The molecule has 1 aromatic heterocycles. The summed E-state index contributed by atoms with van der Waals surface area (Å²) in [6, 6.07) is -0.0205. The molecular weight excluding hydrogens is 289 g/mol. The first kappa shape index (κ1) is 17.0. The topological polar surface area (TPSA) is 96.2 Å². The van der Waals surface area contributed by atoms with Gasteiger partial charge in [0.2, 0.25) is 11.9 Å². The van der Waals surface area contributed by atoms with Gasteiger partial charge in [0.15, 0.2) is 5.69 Å². The lowest BCUT2D eigenvalue weighted by molar-refractivity contribution is -0.141. The molecule has 0 saturated carbocycles. The predicted octanol–water partition coefficient (Wildman–Crippen LogP) is 1.06. The lowest BCUT2D eigenvalue weighted by atomic mass is 10.3. The number of carbonyl (C=O) groups is 1. The van der Waals surface area contributed by atoms with Gasteiger partial charge in [-0.3, -0.25) is 10.2 Å². The summed E-state index contributed by atoms with van der Waals surface area (Å²) < 4.78 is 38.1. The van der Waals surface area contributed by atoms with Gasteiger partial charge in [-0.2, -0.15) is 18.2 Å².